The van der Waals surface area contributed by atoms with Crippen LogP contribution in [0.15, 0.2) is 22.6 Å². The maximum Gasteiger partial charge on any atom is 0.336 e. The van der Waals surface area contributed by atoms with Crippen molar-refractivity contribution in [1.82, 2.24) is 0 Å². The van der Waals surface area contributed by atoms with E-state index in [0.29, 0.717) is 22.5 Å². The fraction of sp³-hybridized carbons (Fsp3) is 0.250. The van der Waals surface area contributed by atoms with Crippen LogP contribution < -0.4 is 4.74 Å². The maximum absolute atomic E-state index is 11.1. The van der Waals surface area contributed by atoms with Crippen LogP contribution in [-0.2, 0) is 11.3 Å². The van der Waals surface area contributed by atoms with E-state index in [1.807, 2.05) is 0 Å². The summed E-state index contributed by atoms with van der Waals surface area (Å²) in [6.45, 7) is 0.289. The molecule has 1 aromatic carbocycles. The van der Waals surface area contributed by atoms with Gasteiger partial charge in [0.15, 0.2) is 11.3 Å². The number of hydrogen-bond donors (Lipinski definition) is 1. The van der Waals surface area contributed by atoms with Gasteiger partial charge in [0.1, 0.15) is 12.4 Å². The average molecular weight is 236 g/mol. The number of aromatic carboxylic acids is 1. The lowest BCUT2D eigenvalue weighted by Crippen LogP contribution is -1.97. The number of carbonyl (C=O) groups is 1. The Bertz CT molecular complexity index is 555. The van der Waals surface area contributed by atoms with Crippen molar-refractivity contribution in [3.05, 3.63) is 29.5 Å². The molecule has 1 aromatic heterocycles. The van der Waals surface area contributed by atoms with Crippen molar-refractivity contribution in [3.8, 4) is 5.75 Å². The largest absolute Gasteiger partial charge is 0.493 e. The zero-order chi connectivity index (χ0) is 12.4. The van der Waals surface area contributed by atoms with Gasteiger partial charge in [0.2, 0.25) is 0 Å². The van der Waals surface area contributed by atoms with Crippen molar-refractivity contribution < 1.29 is 23.8 Å². The lowest BCUT2D eigenvalue weighted by Gasteiger charge is -2.02. The lowest BCUT2D eigenvalue weighted by molar-refractivity contribution is 0.0699. The Morgan fingerprint density at radius 2 is 2.18 bits per heavy atom. The number of fused-ring (bicyclic) bond motifs is 1. The number of rotatable bonds is 4. The third kappa shape index (κ3) is 1.97. The topological polar surface area (TPSA) is 68.9 Å². The molecule has 0 aliphatic rings. The lowest BCUT2D eigenvalue weighted by atomic mass is 10.1. The summed E-state index contributed by atoms with van der Waals surface area (Å²) in [5, 5.41) is 9.59. The van der Waals surface area contributed by atoms with Gasteiger partial charge >= 0.3 is 5.97 Å². The van der Waals surface area contributed by atoms with Crippen LogP contribution in [-0.4, -0.2) is 25.3 Å². The number of hydrogen-bond acceptors (Lipinski definition) is 4. The highest BCUT2D eigenvalue weighted by molar-refractivity contribution is 6.04. The Labute approximate surface area is 97.6 Å². The van der Waals surface area contributed by atoms with Crippen LogP contribution in [0.1, 0.15) is 16.1 Å². The molecule has 0 bridgehead atoms. The molecule has 90 valence electrons. The summed E-state index contributed by atoms with van der Waals surface area (Å²) in [4.78, 5) is 11.1. The van der Waals surface area contributed by atoms with E-state index in [1.54, 1.807) is 19.2 Å². The Hall–Kier alpha value is -2.01. The van der Waals surface area contributed by atoms with Crippen molar-refractivity contribution in [2.45, 2.75) is 6.61 Å². The van der Waals surface area contributed by atoms with Crippen LogP contribution >= 0.6 is 0 Å². The summed E-state index contributed by atoms with van der Waals surface area (Å²) in [5.74, 6) is 0.0734. The van der Waals surface area contributed by atoms with Gasteiger partial charge < -0.3 is 19.0 Å². The van der Waals surface area contributed by atoms with Gasteiger partial charge in [-0.25, -0.2) is 4.79 Å². The van der Waals surface area contributed by atoms with Gasteiger partial charge in [-0.15, -0.1) is 0 Å². The summed E-state index contributed by atoms with van der Waals surface area (Å²) < 4.78 is 15.6. The van der Waals surface area contributed by atoms with E-state index < -0.39 is 5.97 Å². The predicted molar refractivity (Wildman–Crippen MR) is 60.4 cm³/mol. The Kier molecular flexibility index (Phi) is 3.01. The fourth-order valence-electron chi connectivity index (χ4n) is 1.71. The number of ether oxygens (including phenoxy) is 2. The first kappa shape index (κ1) is 11.5. The van der Waals surface area contributed by atoms with E-state index in [0.717, 1.165) is 0 Å². The van der Waals surface area contributed by atoms with Gasteiger partial charge in [-0.2, -0.15) is 0 Å². The summed E-state index contributed by atoms with van der Waals surface area (Å²) in [5.41, 5.74) is 0.617. The molecule has 0 amide bonds. The number of methoxy groups -OCH3 is 2. The van der Waals surface area contributed by atoms with Crippen LogP contribution in [0.2, 0.25) is 0 Å². The standard InChI is InChI=1S/C12H12O5/c1-15-6-7-5-9-8(12(13)14)3-4-10(16-2)11(9)17-7/h3-5H,6H2,1-2H3,(H,13,14). The highest BCUT2D eigenvalue weighted by atomic mass is 16.5. The molecule has 5 nitrogen and oxygen atoms in total. The number of carboxylic acid groups (broad SMARTS) is 1. The van der Waals surface area contributed by atoms with Gasteiger partial charge in [0.05, 0.1) is 12.7 Å². The minimum absolute atomic E-state index is 0.187. The molecule has 1 N–H and O–H groups in total. The van der Waals surface area contributed by atoms with Crippen molar-refractivity contribution in [2.24, 2.45) is 0 Å². The molecule has 1 heterocycles. The molecule has 0 radical (unpaired) electrons. The second-order valence-corrected chi connectivity index (χ2v) is 3.51. The Balaban J connectivity index is 2.67. The molecule has 0 fully saturated rings. The molecule has 2 aromatic rings. The van der Waals surface area contributed by atoms with E-state index in [4.69, 9.17) is 19.0 Å². The average Bonchev–Trinajstić information content (AvgIpc) is 2.71. The van der Waals surface area contributed by atoms with Crippen molar-refractivity contribution in [1.29, 1.82) is 0 Å². The first-order valence-corrected chi connectivity index (χ1v) is 4.99. The van der Waals surface area contributed by atoms with Crippen LogP contribution in [0.5, 0.6) is 5.75 Å². The summed E-state index contributed by atoms with van der Waals surface area (Å²) >= 11 is 0. The van der Waals surface area contributed by atoms with E-state index in [1.165, 1.54) is 13.2 Å². The van der Waals surface area contributed by atoms with Gasteiger partial charge in [-0.1, -0.05) is 0 Å². The van der Waals surface area contributed by atoms with Crippen LogP contribution in [0, 0.1) is 0 Å². The van der Waals surface area contributed by atoms with E-state index in [2.05, 4.69) is 0 Å². The Morgan fingerprint density at radius 3 is 2.76 bits per heavy atom. The van der Waals surface area contributed by atoms with Gasteiger partial charge in [-0.05, 0) is 18.2 Å². The quantitative estimate of drug-likeness (QED) is 0.881. The van der Waals surface area contributed by atoms with E-state index in [-0.39, 0.29) is 12.2 Å². The van der Waals surface area contributed by atoms with Crippen molar-refractivity contribution >= 4 is 16.9 Å². The summed E-state index contributed by atoms with van der Waals surface area (Å²) in [6.07, 6.45) is 0. The zero-order valence-electron chi connectivity index (χ0n) is 9.52. The van der Waals surface area contributed by atoms with Crippen LogP contribution in [0.4, 0.5) is 0 Å². The molecule has 0 saturated heterocycles. The summed E-state index contributed by atoms with van der Waals surface area (Å²) in [7, 11) is 3.05. The monoisotopic (exact) mass is 236 g/mol. The number of benzene rings is 1. The van der Waals surface area contributed by atoms with Crippen molar-refractivity contribution in [2.75, 3.05) is 14.2 Å². The van der Waals surface area contributed by atoms with Crippen LogP contribution in [0.25, 0.3) is 11.0 Å². The highest BCUT2D eigenvalue weighted by Crippen LogP contribution is 2.31. The zero-order valence-corrected chi connectivity index (χ0v) is 9.52. The Morgan fingerprint density at radius 1 is 1.41 bits per heavy atom. The highest BCUT2D eigenvalue weighted by Gasteiger charge is 2.16. The second kappa shape index (κ2) is 4.47. The van der Waals surface area contributed by atoms with E-state index >= 15 is 0 Å². The maximum atomic E-state index is 11.1. The fourth-order valence-corrected chi connectivity index (χ4v) is 1.71. The molecular weight excluding hydrogens is 224 g/mol. The first-order chi connectivity index (χ1) is 8.17. The van der Waals surface area contributed by atoms with Gasteiger partial charge in [0.25, 0.3) is 0 Å². The first-order valence-electron chi connectivity index (χ1n) is 4.99. The minimum atomic E-state index is -0.998. The number of furan rings is 1. The molecule has 5 heteroatoms. The number of carboxylic acids is 1. The molecule has 0 saturated carbocycles. The molecule has 0 unspecified atom stereocenters. The third-order valence-electron chi connectivity index (χ3n) is 2.44. The molecule has 0 spiro atoms. The molecule has 0 aliphatic heterocycles. The van der Waals surface area contributed by atoms with Crippen molar-refractivity contribution in [3.63, 3.8) is 0 Å². The minimum Gasteiger partial charge on any atom is -0.493 e. The normalized spacial score (nSPS) is 10.7. The van der Waals surface area contributed by atoms with Gasteiger partial charge in [-0.3, -0.25) is 0 Å². The third-order valence-corrected chi connectivity index (χ3v) is 2.44. The molecular formula is C12H12O5. The van der Waals surface area contributed by atoms with Crippen LogP contribution in [0.3, 0.4) is 0 Å². The molecule has 0 atom stereocenters. The predicted octanol–water partition coefficient (Wildman–Crippen LogP) is 2.29. The SMILES string of the molecule is COCc1cc2c(C(=O)O)ccc(OC)c2o1. The molecule has 2 rings (SSSR count). The summed E-state index contributed by atoms with van der Waals surface area (Å²) in [6, 6.07) is 4.73. The molecule has 17 heavy (non-hydrogen) atoms. The van der Waals surface area contributed by atoms with E-state index in [9.17, 15) is 4.79 Å². The smallest absolute Gasteiger partial charge is 0.336 e. The molecule has 0 aliphatic carbocycles. The second-order valence-electron chi connectivity index (χ2n) is 3.51. The van der Waals surface area contributed by atoms with Gasteiger partial charge in [0, 0.05) is 12.5 Å².